The van der Waals surface area contributed by atoms with E-state index >= 15 is 0 Å². The Morgan fingerprint density at radius 1 is 0.867 bits per heavy atom. The molecule has 76 valence electrons. The van der Waals surface area contributed by atoms with Crippen LogP contribution in [-0.4, -0.2) is 0 Å². The van der Waals surface area contributed by atoms with E-state index in [2.05, 4.69) is 0 Å². The lowest BCUT2D eigenvalue weighted by molar-refractivity contribution is 0.628. The summed E-state index contributed by atoms with van der Waals surface area (Å²) in [7, 11) is 0. The van der Waals surface area contributed by atoms with Crippen molar-refractivity contribution in [3.63, 3.8) is 0 Å². The van der Waals surface area contributed by atoms with Crippen LogP contribution in [0.4, 0.5) is 4.39 Å². The zero-order valence-corrected chi connectivity index (χ0v) is 8.92. The van der Waals surface area contributed by atoms with Gasteiger partial charge in [0, 0.05) is 0 Å². The fourth-order valence-corrected chi connectivity index (χ4v) is 1.64. The van der Waals surface area contributed by atoms with Crippen molar-refractivity contribution in [2.75, 3.05) is 0 Å². The maximum Gasteiger partial charge on any atom is 0.123 e. The molecule has 2 aromatic carbocycles. The van der Waals surface area contributed by atoms with Crippen molar-refractivity contribution in [1.82, 2.24) is 0 Å². The Labute approximate surface area is 89.4 Å². The highest BCUT2D eigenvalue weighted by molar-refractivity contribution is 5.67. The first-order valence-corrected chi connectivity index (χ1v) is 5.00. The standard InChI is InChI=1S/C14H13F/c1-10-3-6-12(7-4-10)14-9-13(15)8-5-11(14)2/h3-9H,1-2H3/i15-1. The minimum Gasteiger partial charge on any atom is -0.207 e. The summed E-state index contributed by atoms with van der Waals surface area (Å²) in [6.45, 7) is 4.04. The monoisotopic (exact) mass is 199 g/mol. The third-order valence-corrected chi connectivity index (χ3v) is 2.56. The van der Waals surface area contributed by atoms with Gasteiger partial charge in [0.2, 0.25) is 0 Å². The van der Waals surface area contributed by atoms with E-state index in [1.165, 1.54) is 11.6 Å². The van der Waals surface area contributed by atoms with Crippen LogP contribution in [0.3, 0.4) is 0 Å². The number of hydrogen-bond donors (Lipinski definition) is 0. The maximum atomic E-state index is 13.1. The van der Waals surface area contributed by atoms with Gasteiger partial charge in [-0.1, -0.05) is 35.9 Å². The van der Waals surface area contributed by atoms with Gasteiger partial charge in [0.25, 0.3) is 0 Å². The van der Waals surface area contributed by atoms with Crippen LogP contribution < -0.4 is 0 Å². The predicted octanol–water partition coefficient (Wildman–Crippen LogP) is 4.11. The molecule has 0 nitrogen and oxygen atoms in total. The molecule has 15 heavy (non-hydrogen) atoms. The molecule has 0 aliphatic rings. The van der Waals surface area contributed by atoms with Crippen LogP contribution in [0.2, 0.25) is 0 Å². The summed E-state index contributed by atoms with van der Waals surface area (Å²) in [5.41, 5.74) is 4.35. The maximum absolute atomic E-state index is 13.1. The van der Waals surface area contributed by atoms with E-state index in [-0.39, 0.29) is 5.82 Å². The fourth-order valence-electron chi connectivity index (χ4n) is 1.64. The molecule has 0 aliphatic carbocycles. The van der Waals surface area contributed by atoms with Crippen molar-refractivity contribution >= 4 is 0 Å². The van der Waals surface area contributed by atoms with Gasteiger partial charge in [0.1, 0.15) is 5.82 Å². The molecular weight excluding hydrogens is 186 g/mol. The second-order valence-electron chi connectivity index (χ2n) is 3.83. The first-order chi connectivity index (χ1) is 7.16. The lowest BCUT2D eigenvalue weighted by atomic mass is 10.00. The van der Waals surface area contributed by atoms with Crippen molar-refractivity contribution in [1.29, 1.82) is 0 Å². The first-order valence-electron chi connectivity index (χ1n) is 5.00. The highest BCUT2D eigenvalue weighted by Crippen LogP contribution is 2.24. The third-order valence-electron chi connectivity index (χ3n) is 2.56. The minimum atomic E-state index is -0.184. The fraction of sp³-hybridized carbons (Fsp3) is 0.143. The van der Waals surface area contributed by atoms with Crippen LogP contribution in [0, 0.1) is 19.7 Å². The molecular formula is C14H13F. The molecule has 2 aromatic rings. The highest BCUT2D eigenvalue weighted by Gasteiger charge is 2.02. The van der Waals surface area contributed by atoms with Gasteiger partial charge in [-0.05, 0) is 42.7 Å². The third kappa shape index (κ3) is 2.07. The van der Waals surface area contributed by atoms with Gasteiger partial charge in [0.15, 0.2) is 0 Å². The topological polar surface area (TPSA) is 0 Å². The van der Waals surface area contributed by atoms with E-state index in [0.29, 0.717) is 0 Å². The summed E-state index contributed by atoms with van der Waals surface area (Å²) in [5, 5.41) is 0. The van der Waals surface area contributed by atoms with Crippen molar-refractivity contribution in [3.05, 3.63) is 59.4 Å². The van der Waals surface area contributed by atoms with Crippen LogP contribution in [0.1, 0.15) is 11.1 Å². The Morgan fingerprint density at radius 2 is 1.53 bits per heavy atom. The van der Waals surface area contributed by atoms with Crippen molar-refractivity contribution in [2.45, 2.75) is 13.8 Å². The lowest BCUT2D eigenvalue weighted by Gasteiger charge is -2.06. The molecule has 0 radical (unpaired) electrons. The highest BCUT2D eigenvalue weighted by atomic mass is 18.2. The number of benzene rings is 2. The van der Waals surface area contributed by atoms with Gasteiger partial charge in [0.05, 0.1) is 0 Å². The Hall–Kier alpha value is -1.63. The SMILES string of the molecule is Cc1ccc(-c2cc([18F])ccc2C)cc1. The average molecular weight is 199 g/mol. The van der Waals surface area contributed by atoms with E-state index in [1.54, 1.807) is 6.07 Å². The molecule has 0 unspecified atom stereocenters. The molecule has 0 saturated heterocycles. The first kappa shape index (κ1) is 9.91. The molecule has 0 aliphatic heterocycles. The second kappa shape index (κ2) is 3.85. The summed E-state index contributed by atoms with van der Waals surface area (Å²) >= 11 is 0. The molecule has 0 spiro atoms. The zero-order valence-electron chi connectivity index (χ0n) is 8.92. The molecule has 0 aromatic heterocycles. The van der Waals surface area contributed by atoms with E-state index in [0.717, 1.165) is 16.7 Å². The molecule has 0 fully saturated rings. The quantitative estimate of drug-likeness (QED) is 0.648. The van der Waals surface area contributed by atoms with Crippen molar-refractivity contribution in [2.24, 2.45) is 0 Å². The Kier molecular flexibility index (Phi) is 2.55. The number of rotatable bonds is 1. The van der Waals surface area contributed by atoms with E-state index in [1.807, 2.05) is 44.2 Å². The Balaban J connectivity index is 2.53. The minimum absolute atomic E-state index is 0.184. The zero-order chi connectivity index (χ0) is 10.8. The summed E-state index contributed by atoms with van der Waals surface area (Å²) in [6.07, 6.45) is 0. The second-order valence-corrected chi connectivity index (χ2v) is 3.83. The van der Waals surface area contributed by atoms with E-state index in [9.17, 15) is 4.39 Å². The average Bonchev–Trinajstić information content (AvgIpc) is 2.23. The molecule has 1 heteroatoms. The normalized spacial score (nSPS) is 10.3. The van der Waals surface area contributed by atoms with Gasteiger partial charge in [-0.25, -0.2) is 4.39 Å². The van der Waals surface area contributed by atoms with Crippen LogP contribution in [0.15, 0.2) is 42.5 Å². The van der Waals surface area contributed by atoms with Gasteiger partial charge < -0.3 is 0 Å². The summed E-state index contributed by atoms with van der Waals surface area (Å²) < 4.78 is 13.1. The number of aryl methyl sites for hydroxylation is 2. The largest absolute Gasteiger partial charge is 0.207 e. The smallest absolute Gasteiger partial charge is 0.123 e. The predicted molar refractivity (Wildman–Crippen MR) is 61.3 cm³/mol. The van der Waals surface area contributed by atoms with Gasteiger partial charge in [-0.3, -0.25) is 0 Å². The lowest BCUT2D eigenvalue weighted by Crippen LogP contribution is -1.85. The molecule has 0 N–H and O–H groups in total. The molecule has 0 bridgehead atoms. The Bertz CT molecular complexity index is 469. The van der Waals surface area contributed by atoms with Gasteiger partial charge in [-0.2, -0.15) is 0 Å². The number of halogens is 1. The van der Waals surface area contributed by atoms with Crippen LogP contribution in [0.25, 0.3) is 11.1 Å². The molecule has 0 heterocycles. The van der Waals surface area contributed by atoms with Crippen LogP contribution in [-0.2, 0) is 0 Å². The molecule has 0 saturated carbocycles. The van der Waals surface area contributed by atoms with Crippen molar-refractivity contribution < 1.29 is 4.39 Å². The van der Waals surface area contributed by atoms with Gasteiger partial charge >= 0.3 is 0 Å². The summed E-state index contributed by atoms with van der Waals surface area (Å²) in [4.78, 5) is 0. The van der Waals surface area contributed by atoms with Gasteiger partial charge in [-0.15, -0.1) is 0 Å². The molecule has 0 amide bonds. The van der Waals surface area contributed by atoms with E-state index < -0.39 is 0 Å². The molecule has 0 atom stereocenters. The summed E-state index contributed by atoms with van der Waals surface area (Å²) in [6, 6.07) is 13.0. The van der Waals surface area contributed by atoms with Crippen molar-refractivity contribution in [3.8, 4) is 11.1 Å². The molecule has 2 rings (SSSR count). The summed E-state index contributed by atoms with van der Waals surface area (Å²) in [5.74, 6) is -0.184. The van der Waals surface area contributed by atoms with E-state index in [4.69, 9.17) is 0 Å². The van der Waals surface area contributed by atoms with Crippen LogP contribution >= 0.6 is 0 Å². The Morgan fingerprint density at radius 3 is 2.20 bits per heavy atom. The number of hydrogen-bond acceptors (Lipinski definition) is 0. The van der Waals surface area contributed by atoms with Crippen LogP contribution in [0.5, 0.6) is 0 Å².